The maximum absolute atomic E-state index is 4.61. The lowest BCUT2D eigenvalue weighted by atomic mass is 10.0. The second-order valence-corrected chi connectivity index (χ2v) is 3.97. The first-order chi connectivity index (χ1) is 6.43. The zero-order chi connectivity index (χ0) is 8.67. The van der Waals surface area contributed by atoms with E-state index in [2.05, 4.69) is 21.4 Å². The molecule has 0 amide bonds. The molecule has 1 aliphatic carbocycles. The van der Waals surface area contributed by atoms with Crippen molar-refractivity contribution in [2.45, 2.75) is 24.7 Å². The molecule has 1 saturated heterocycles. The molecule has 1 aromatic heterocycles. The van der Waals surface area contributed by atoms with E-state index in [1.54, 1.807) is 0 Å². The molecule has 2 aliphatic rings. The molecule has 3 heteroatoms. The van der Waals surface area contributed by atoms with Crippen LogP contribution in [-0.4, -0.2) is 23.1 Å². The molecule has 1 N–H and O–H groups in total. The van der Waals surface area contributed by atoms with Crippen LogP contribution in [0.4, 0.5) is 0 Å². The summed E-state index contributed by atoms with van der Waals surface area (Å²) in [5.74, 6) is 2.36. The molecule has 0 radical (unpaired) electrons. The molecule has 0 atom stereocenters. The van der Waals surface area contributed by atoms with Crippen LogP contribution < -0.4 is 5.32 Å². The molecule has 0 bridgehead atoms. The van der Waals surface area contributed by atoms with Crippen molar-refractivity contribution in [2.24, 2.45) is 0 Å². The van der Waals surface area contributed by atoms with Crippen LogP contribution in [0.3, 0.4) is 0 Å². The van der Waals surface area contributed by atoms with Crippen LogP contribution in [0.15, 0.2) is 12.3 Å². The van der Waals surface area contributed by atoms with Crippen molar-refractivity contribution in [1.29, 1.82) is 0 Å². The largest absolute Gasteiger partial charge is 0.315 e. The van der Waals surface area contributed by atoms with Crippen LogP contribution in [0, 0.1) is 0 Å². The van der Waals surface area contributed by atoms with E-state index in [9.17, 15) is 0 Å². The molecule has 1 aliphatic heterocycles. The van der Waals surface area contributed by atoms with Gasteiger partial charge < -0.3 is 5.32 Å². The van der Waals surface area contributed by atoms with Crippen LogP contribution >= 0.6 is 0 Å². The third kappa shape index (κ3) is 1.33. The van der Waals surface area contributed by atoms with Gasteiger partial charge in [-0.25, -0.2) is 9.97 Å². The summed E-state index contributed by atoms with van der Waals surface area (Å²) in [7, 11) is 0. The van der Waals surface area contributed by atoms with Crippen LogP contribution in [0.2, 0.25) is 0 Å². The van der Waals surface area contributed by atoms with E-state index >= 15 is 0 Å². The topological polar surface area (TPSA) is 37.8 Å². The number of nitrogens with zero attached hydrogens (tertiary/aromatic N) is 2. The van der Waals surface area contributed by atoms with E-state index in [-0.39, 0.29) is 0 Å². The molecule has 3 rings (SSSR count). The molecule has 1 saturated carbocycles. The number of nitrogens with one attached hydrogen (secondary N) is 1. The zero-order valence-corrected chi connectivity index (χ0v) is 7.53. The molecular weight excluding hydrogens is 162 g/mol. The highest BCUT2D eigenvalue weighted by atomic mass is 15.0. The Morgan fingerprint density at radius 1 is 1.23 bits per heavy atom. The van der Waals surface area contributed by atoms with Gasteiger partial charge in [0, 0.05) is 36.8 Å². The lowest BCUT2D eigenvalue weighted by Gasteiger charge is -2.25. The molecular formula is C10H13N3. The van der Waals surface area contributed by atoms with Crippen LogP contribution in [-0.2, 0) is 0 Å². The van der Waals surface area contributed by atoms with Gasteiger partial charge in [-0.2, -0.15) is 0 Å². The van der Waals surface area contributed by atoms with Crippen molar-refractivity contribution < 1.29 is 0 Å². The maximum Gasteiger partial charge on any atom is 0.134 e. The summed E-state index contributed by atoms with van der Waals surface area (Å²) in [4.78, 5) is 8.93. The molecule has 0 spiro atoms. The van der Waals surface area contributed by atoms with E-state index in [4.69, 9.17) is 0 Å². The summed E-state index contributed by atoms with van der Waals surface area (Å²) >= 11 is 0. The average Bonchev–Trinajstić information content (AvgIpc) is 2.83. The molecule has 3 nitrogen and oxygen atoms in total. The Balaban J connectivity index is 1.87. The van der Waals surface area contributed by atoms with Crippen molar-refractivity contribution >= 4 is 0 Å². The summed E-state index contributed by atoms with van der Waals surface area (Å²) in [6.45, 7) is 2.10. The SMILES string of the molecule is c1cc(C2CC2)nc(C2CNC2)n1. The van der Waals surface area contributed by atoms with Crippen LogP contribution in [0.1, 0.15) is 36.2 Å². The fraction of sp³-hybridized carbons (Fsp3) is 0.600. The monoisotopic (exact) mass is 175 g/mol. The van der Waals surface area contributed by atoms with Crippen LogP contribution in [0.25, 0.3) is 0 Å². The van der Waals surface area contributed by atoms with Gasteiger partial charge in [0.25, 0.3) is 0 Å². The molecule has 0 unspecified atom stereocenters. The van der Waals surface area contributed by atoms with Crippen LogP contribution in [0.5, 0.6) is 0 Å². The fourth-order valence-corrected chi connectivity index (χ4v) is 1.66. The zero-order valence-electron chi connectivity index (χ0n) is 7.53. The van der Waals surface area contributed by atoms with Gasteiger partial charge in [-0.05, 0) is 18.9 Å². The Bertz CT molecular complexity index is 316. The first kappa shape index (κ1) is 7.44. The Labute approximate surface area is 77.6 Å². The van der Waals surface area contributed by atoms with Gasteiger partial charge in [0.2, 0.25) is 0 Å². The number of hydrogen-bond donors (Lipinski definition) is 1. The first-order valence-electron chi connectivity index (χ1n) is 4.97. The smallest absolute Gasteiger partial charge is 0.134 e. The van der Waals surface area contributed by atoms with Gasteiger partial charge >= 0.3 is 0 Å². The average molecular weight is 175 g/mol. The minimum Gasteiger partial charge on any atom is -0.315 e. The Kier molecular flexibility index (Phi) is 1.59. The number of aromatic nitrogens is 2. The highest BCUT2D eigenvalue weighted by Gasteiger charge is 2.27. The molecule has 0 aromatic carbocycles. The summed E-state index contributed by atoms with van der Waals surface area (Å²) in [6.07, 6.45) is 4.55. The molecule has 2 heterocycles. The number of hydrogen-bond acceptors (Lipinski definition) is 3. The first-order valence-corrected chi connectivity index (χ1v) is 4.97. The summed E-state index contributed by atoms with van der Waals surface area (Å²) in [5, 5.41) is 3.24. The standard InChI is InChI=1S/C10H13N3/c1-2-7(1)9-3-4-12-10(13-9)8-5-11-6-8/h3-4,7-8,11H,1-2,5-6H2. The van der Waals surface area contributed by atoms with Crippen molar-refractivity contribution in [3.63, 3.8) is 0 Å². The lowest BCUT2D eigenvalue weighted by Crippen LogP contribution is -2.40. The van der Waals surface area contributed by atoms with E-state index in [0.717, 1.165) is 24.8 Å². The van der Waals surface area contributed by atoms with Gasteiger partial charge in [-0.15, -0.1) is 0 Å². The highest BCUT2D eigenvalue weighted by Crippen LogP contribution is 2.39. The van der Waals surface area contributed by atoms with Gasteiger partial charge in [0.1, 0.15) is 5.82 Å². The lowest BCUT2D eigenvalue weighted by molar-refractivity contribution is 0.428. The van der Waals surface area contributed by atoms with Crippen molar-refractivity contribution in [1.82, 2.24) is 15.3 Å². The fourth-order valence-electron chi connectivity index (χ4n) is 1.66. The molecule has 68 valence electrons. The molecule has 1 aromatic rings. The van der Waals surface area contributed by atoms with Crippen molar-refractivity contribution in [2.75, 3.05) is 13.1 Å². The molecule has 13 heavy (non-hydrogen) atoms. The summed E-state index contributed by atoms with van der Waals surface area (Å²) in [5.41, 5.74) is 1.26. The minimum absolute atomic E-state index is 0.568. The summed E-state index contributed by atoms with van der Waals surface area (Å²) < 4.78 is 0. The second-order valence-electron chi connectivity index (χ2n) is 3.97. The Morgan fingerprint density at radius 2 is 2.08 bits per heavy atom. The quantitative estimate of drug-likeness (QED) is 0.729. The maximum atomic E-state index is 4.61. The van der Waals surface area contributed by atoms with Gasteiger partial charge in [0.05, 0.1) is 0 Å². The van der Waals surface area contributed by atoms with Gasteiger partial charge in [-0.1, -0.05) is 0 Å². The van der Waals surface area contributed by atoms with E-state index in [1.807, 2.05) is 6.20 Å². The second kappa shape index (κ2) is 2.77. The summed E-state index contributed by atoms with van der Waals surface area (Å²) in [6, 6.07) is 2.06. The number of rotatable bonds is 2. The van der Waals surface area contributed by atoms with Crippen molar-refractivity contribution in [3.05, 3.63) is 23.8 Å². The van der Waals surface area contributed by atoms with E-state index in [0.29, 0.717) is 5.92 Å². The third-order valence-corrected chi connectivity index (χ3v) is 2.84. The van der Waals surface area contributed by atoms with Gasteiger partial charge in [0.15, 0.2) is 0 Å². The Morgan fingerprint density at radius 3 is 2.69 bits per heavy atom. The van der Waals surface area contributed by atoms with E-state index < -0.39 is 0 Å². The van der Waals surface area contributed by atoms with Gasteiger partial charge in [-0.3, -0.25) is 0 Å². The third-order valence-electron chi connectivity index (χ3n) is 2.84. The highest BCUT2D eigenvalue weighted by molar-refractivity contribution is 5.16. The normalized spacial score (nSPS) is 22.8. The van der Waals surface area contributed by atoms with E-state index in [1.165, 1.54) is 18.5 Å². The minimum atomic E-state index is 0.568. The predicted molar refractivity (Wildman–Crippen MR) is 49.6 cm³/mol. The predicted octanol–water partition coefficient (Wildman–Crippen LogP) is 1.04. The Hall–Kier alpha value is -0.960. The van der Waals surface area contributed by atoms with Crippen molar-refractivity contribution in [3.8, 4) is 0 Å². The molecule has 2 fully saturated rings.